The van der Waals surface area contributed by atoms with Gasteiger partial charge < -0.3 is 15.2 Å². The quantitative estimate of drug-likeness (QED) is 0.660. The summed E-state index contributed by atoms with van der Waals surface area (Å²) < 4.78 is 44.6. The first-order chi connectivity index (χ1) is 13.2. The first-order valence-corrected chi connectivity index (χ1v) is 8.42. The summed E-state index contributed by atoms with van der Waals surface area (Å²) in [5, 5.41) is 9.13. The van der Waals surface area contributed by atoms with Crippen LogP contribution in [0, 0.1) is 0 Å². The van der Waals surface area contributed by atoms with E-state index in [1.807, 2.05) is 13.8 Å². The van der Waals surface area contributed by atoms with Crippen LogP contribution in [0.4, 0.5) is 23.7 Å². The molecule has 1 aromatic heterocycles. The van der Waals surface area contributed by atoms with Gasteiger partial charge in [0, 0.05) is 17.3 Å². The molecule has 0 fully saturated rings. The molecule has 3 aromatic rings. The molecular weight excluding hydrogens is 373 g/mol. The van der Waals surface area contributed by atoms with Gasteiger partial charge in [-0.15, -0.1) is 0 Å². The first-order valence-electron chi connectivity index (χ1n) is 8.42. The number of nitrogens with zero attached hydrogens (tertiary/aromatic N) is 2. The molecule has 0 saturated carbocycles. The summed E-state index contributed by atoms with van der Waals surface area (Å²) >= 11 is 0. The third-order valence-electron chi connectivity index (χ3n) is 3.69. The molecule has 2 aromatic carbocycles. The molecule has 0 aliphatic rings. The minimum absolute atomic E-state index is 0.0309. The number of benzene rings is 2. The van der Waals surface area contributed by atoms with E-state index in [-0.39, 0.29) is 29.4 Å². The average Bonchev–Trinajstić information content (AvgIpc) is 3.10. The van der Waals surface area contributed by atoms with Gasteiger partial charge in [-0.3, -0.25) is 0 Å². The number of aromatic nitrogens is 2. The van der Waals surface area contributed by atoms with E-state index < -0.39 is 11.7 Å². The van der Waals surface area contributed by atoms with Gasteiger partial charge in [0.1, 0.15) is 0 Å². The Balaban J connectivity index is 1.88. The van der Waals surface area contributed by atoms with Gasteiger partial charge in [-0.2, -0.15) is 18.2 Å². The molecule has 0 aliphatic carbocycles. The number of urea groups is 1. The average molecular weight is 390 g/mol. The highest BCUT2D eigenvalue weighted by Crippen LogP contribution is 2.36. The summed E-state index contributed by atoms with van der Waals surface area (Å²) in [6, 6.07) is 11.2. The van der Waals surface area contributed by atoms with Crippen LogP contribution in [0.25, 0.3) is 22.8 Å². The molecule has 0 bridgehead atoms. The molecule has 146 valence electrons. The lowest BCUT2D eigenvalue weighted by molar-refractivity contribution is -0.137. The molecule has 0 spiro atoms. The standard InChI is InChI=1S/C19H17F3N4O2/c1-11(2)23-18(27)24-13-7-5-6-12(10-13)16-25-17(28-26-16)14-8-3-4-9-15(14)19(20,21)22/h3-11H,1-2H3,(H2,23,24,27). The highest BCUT2D eigenvalue weighted by atomic mass is 19.4. The minimum Gasteiger partial charge on any atom is -0.336 e. The fourth-order valence-corrected chi connectivity index (χ4v) is 2.53. The van der Waals surface area contributed by atoms with E-state index >= 15 is 0 Å². The van der Waals surface area contributed by atoms with Crippen molar-refractivity contribution in [1.82, 2.24) is 15.5 Å². The summed E-state index contributed by atoms with van der Waals surface area (Å²) in [6.45, 7) is 3.66. The highest BCUT2D eigenvalue weighted by Gasteiger charge is 2.34. The van der Waals surface area contributed by atoms with Crippen LogP contribution in [0.5, 0.6) is 0 Å². The zero-order valence-electron chi connectivity index (χ0n) is 15.0. The number of carbonyl (C=O) groups is 1. The molecule has 2 N–H and O–H groups in total. The van der Waals surface area contributed by atoms with Gasteiger partial charge in [-0.05, 0) is 38.1 Å². The SMILES string of the molecule is CC(C)NC(=O)Nc1cccc(-c2noc(-c3ccccc3C(F)(F)F)n2)c1. The number of hydrogen-bond acceptors (Lipinski definition) is 4. The van der Waals surface area contributed by atoms with E-state index in [4.69, 9.17) is 4.52 Å². The Bertz CT molecular complexity index is 983. The van der Waals surface area contributed by atoms with E-state index in [9.17, 15) is 18.0 Å². The number of anilines is 1. The van der Waals surface area contributed by atoms with Crippen molar-refractivity contribution in [2.24, 2.45) is 0 Å². The lowest BCUT2D eigenvalue weighted by Gasteiger charge is -2.10. The molecule has 3 rings (SSSR count). The third-order valence-corrected chi connectivity index (χ3v) is 3.69. The van der Waals surface area contributed by atoms with Crippen LogP contribution >= 0.6 is 0 Å². The van der Waals surface area contributed by atoms with E-state index in [1.165, 1.54) is 18.2 Å². The fourth-order valence-electron chi connectivity index (χ4n) is 2.53. The monoisotopic (exact) mass is 390 g/mol. The molecule has 0 atom stereocenters. The number of hydrogen-bond donors (Lipinski definition) is 2. The van der Waals surface area contributed by atoms with Gasteiger partial charge in [0.05, 0.1) is 11.1 Å². The zero-order chi connectivity index (χ0) is 20.3. The van der Waals surface area contributed by atoms with E-state index in [1.54, 1.807) is 24.3 Å². The summed E-state index contributed by atoms with van der Waals surface area (Å²) in [5.41, 5.74) is -0.0788. The van der Waals surface area contributed by atoms with E-state index in [0.29, 0.717) is 11.3 Å². The van der Waals surface area contributed by atoms with Crippen LogP contribution in [0.1, 0.15) is 19.4 Å². The van der Waals surface area contributed by atoms with Crippen LogP contribution < -0.4 is 10.6 Å². The summed E-state index contributed by atoms with van der Waals surface area (Å²) in [4.78, 5) is 15.9. The van der Waals surface area contributed by atoms with Crippen LogP contribution in [-0.4, -0.2) is 22.2 Å². The van der Waals surface area contributed by atoms with Crippen LogP contribution in [-0.2, 0) is 6.18 Å². The molecule has 28 heavy (non-hydrogen) atoms. The van der Waals surface area contributed by atoms with Gasteiger partial charge in [-0.25, -0.2) is 4.79 Å². The van der Waals surface area contributed by atoms with Crippen molar-refractivity contribution < 1.29 is 22.5 Å². The van der Waals surface area contributed by atoms with Crippen molar-refractivity contribution in [2.45, 2.75) is 26.1 Å². The molecule has 0 unspecified atom stereocenters. The van der Waals surface area contributed by atoms with Crippen molar-refractivity contribution >= 4 is 11.7 Å². The topological polar surface area (TPSA) is 80.0 Å². The predicted molar refractivity (Wildman–Crippen MR) is 97.5 cm³/mol. The number of halogens is 3. The van der Waals surface area contributed by atoms with Crippen molar-refractivity contribution in [3.8, 4) is 22.8 Å². The Morgan fingerprint density at radius 1 is 1.11 bits per heavy atom. The van der Waals surface area contributed by atoms with Crippen LogP contribution in [0.2, 0.25) is 0 Å². The van der Waals surface area contributed by atoms with Crippen molar-refractivity contribution in [3.63, 3.8) is 0 Å². The maximum atomic E-state index is 13.2. The molecule has 0 aliphatic heterocycles. The number of carbonyl (C=O) groups excluding carboxylic acids is 1. The fraction of sp³-hybridized carbons (Fsp3) is 0.211. The summed E-state index contributed by atoms with van der Waals surface area (Å²) in [5.74, 6) is -0.126. The molecule has 1 heterocycles. The van der Waals surface area contributed by atoms with E-state index in [0.717, 1.165) is 6.07 Å². The van der Waals surface area contributed by atoms with Crippen molar-refractivity contribution in [2.75, 3.05) is 5.32 Å². The van der Waals surface area contributed by atoms with Gasteiger partial charge >= 0.3 is 12.2 Å². The Kier molecular flexibility index (Phi) is 5.34. The van der Waals surface area contributed by atoms with Crippen LogP contribution in [0.3, 0.4) is 0 Å². The molecule has 0 radical (unpaired) electrons. The van der Waals surface area contributed by atoms with Gasteiger partial charge in [0.25, 0.3) is 5.89 Å². The van der Waals surface area contributed by atoms with Crippen molar-refractivity contribution in [3.05, 3.63) is 54.1 Å². The molecule has 0 saturated heterocycles. The second kappa shape index (κ2) is 7.71. The van der Waals surface area contributed by atoms with Gasteiger partial charge in [0.15, 0.2) is 0 Å². The minimum atomic E-state index is -4.54. The summed E-state index contributed by atoms with van der Waals surface area (Å²) in [6.07, 6.45) is -4.54. The normalized spacial score (nSPS) is 11.5. The van der Waals surface area contributed by atoms with Gasteiger partial charge in [-0.1, -0.05) is 29.4 Å². The third kappa shape index (κ3) is 4.48. The summed E-state index contributed by atoms with van der Waals surface area (Å²) in [7, 11) is 0. The Morgan fingerprint density at radius 3 is 2.57 bits per heavy atom. The van der Waals surface area contributed by atoms with Crippen LogP contribution in [0.15, 0.2) is 53.1 Å². The zero-order valence-corrected chi connectivity index (χ0v) is 15.0. The van der Waals surface area contributed by atoms with Gasteiger partial charge in [0.2, 0.25) is 5.82 Å². The number of nitrogens with one attached hydrogen (secondary N) is 2. The Morgan fingerprint density at radius 2 is 1.86 bits per heavy atom. The first kappa shape index (κ1) is 19.4. The number of alkyl halides is 3. The Labute approximate surface area is 158 Å². The molecule has 2 amide bonds. The molecular formula is C19H17F3N4O2. The number of amides is 2. The predicted octanol–water partition coefficient (Wildman–Crippen LogP) is 4.95. The highest BCUT2D eigenvalue weighted by molar-refractivity contribution is 5.90. The lowest BCUT2D eigenvalue weighted by atomic mass is 10.1. The molecule has 9 heteroatoms. The molecule has 6 nitrogen and oxygen atoms in total. The lowest BCUT2D eigenvalue weighted by Crippen LogP contribution is -2.34. The second-order valence-electron chi connectivity index (χ2n) is 6.30. The number of rotatable bonds is 4. The van der Waals surface area contributed by atoms with E-state index in [2.05, 4.69) is 20.8 Å². The maximum Gasteiger partial charge on any atom is 0.417 e. The maximum absolute atomic E-state index is 13.2. The Hall–Kier alpha value is -3.36. The second-order valence-corrected chi connectivity index (χ2v) is 6.30. The largest absolute Gasteiger partial charge is 0.417 e. The smallest absolute Gasteiger partial charge is 0.336 e. The van der Waals surface area contributed by atoms with Crippen molar-refractivity contribution in [1.29, 1.82) is 0 Å².